The summed E-state index contributed by atoms with van der Waals surface area (Å²) in [5.74, 6) is 0.936. The van der Waals surface area contributed by atoms with Gasteiger partial charge in [-0.2, -0.15) is 0 Å². The molecule has 0 amide bonds. The van der Waals surface area contributed by atoms with Gasteiger partial charge >= 0.3 is 0 Å². The van der Waals surface area contributed by atoms with E-state index in [-0.39, 0.29) is 0 Å². The quantitative estimate of drug-likeness (QED) is 0.710. The Hall–Kier alpha value is -1.13. The first kappa shape index (κ1) is 16.2. The van der Waals surface area contributed by atoms with E-state index in [0.29, 0.717) is 0 Å². The Morgan fingerprint density at radius 1 is 1.29 bits per heavy atom. The van der Waals surface area contributed by atoms with Gasteiger partial charge in [-0.3, -0.25) is 4.98 Å². The van der Waals surface area contributed by atoms with Gasteiger partial charge in [0.2, 0.25) is 0 Å². The second kappa shape index (κ2) is 9.00. The molecule has 0 saturated carbocycles. The Kier molecular flexibility index (Phi) is 6.96. The minimum absolute atomic E-state index is 0.780. The molecule has 0 bridgehead atoms. The Morgan fingerprint density at radius 3 is 2.86 bits per heavy atom. The van der Waals surface area contributed by atoms with Crippen LogP contribution in [0.4, 0.5) is 0 Å². The van der Waals surface area contributed by atoms with E-state index in [4.69, 9.17) is 4.74 Å². The fourth-order valence-corrected chi connectivity index (χ4v) is 2.72. The van der Waals surface area contributed by atoms with Crippen molar-refractivity contribution >= 4 is 0 Å². The predicted molar refractivity (Wildman–Crippen MR) is 86.8 cm³/mol. The van der Waals surface area contributed by atoms with Crippen LogP contribution in [0.2, 0.25) is 0 Å². The zero-order chi connectivity index (χ0) is 14.9. The van der Waals surface area contributed by atoms with Crippen LogP contribution in [0, 0.1) is 6.92 Å². The van der Waals surface area contributed by atoms with E-state index < -0.39 is 0 Å². The maximum Gasteiger partial charge on any atom is 0.142 e. The van der Waals surface area contributed by atoms with Crippen molar-refractivity contribution in [2.24, 2.45) is 0 Å². The average molecular weight is 291 g/mol. The Balaban J connectivity index is 1.77. The number of hydrogen-bond donors (Lipinski definition) is 1. The molecule has 1 fully saturated rings. The molecular weight excluding hydrogens is 262 g/mol. The highest BCUT2D eigenvalue weighted by Gasteiger charge is 2.11. The first-order chi connectivity index (χ1) is 10.3. The second-order valence-corrected chi connectivity index (χ2v) is 5.83. The molecule has 118 valence electrons. The minimum atomic E-state index is 0.780. The third-order valence-electron chi connectivity index (χ3n) is 3.87. The Morgan fingerprint density at radius 2 is 2.10 bits per heavy atom. The summed E-state index contributed by atoms with van der Waals surface area (Å²) >= 11 is 0. The van der Waals surface area contributed by atoms with Gasteiger partial charge in [-0.1, -0.05) is 6.92 Å². The molecule has 1 aromatic heterocycles. The van der Waals surface area contributed by atoms with E-state index in [1.54, 1.807) is 0 Å². The molecule has 1 aromatic rings. The molecule has 2 heterocycles. The maximum atomic E-state index is 5.95. The summed E-state index contributed by atoms with van der Waals surface area (Å²) in [5, 5.41) is 3.40. The number of hydrogen-bond acceptors (Lipinski definition) is 4. The van der Waals surface area contributed by atoms with Crippen molar-refractivity contribution in [2.45, 2.75) is 46.1 Å². The van der Waals surface area contributed by atoms with Crippen molar-refractivity contribution in [2.75, 3.05) is 32.8 Å². The number of likely N-dealkylation sites (tertiary alicyclic amines) is 1. The van der Waals surface area contributed by atoms with Crippen LogP contribution in [0.1, 0.15) is 44.0 Å². The van der Waals surface area contributed by atoms with Crippen LogP contribution in [-0.2, 0) is 6.54 Å². The third kappa shape index (κ3) is 5.64. The molecule has 0 atom stereocenters. The monoisotopic (exact) mass is 291 g/mol. The molecular formula is C17H29N3O. The van der Waals surface area contributed by atoms with Crippen LogP contribution in [0.3, 0.4) is 0 Å². The summed E-state index contributed by atoms with van der Waals surface area (Å²) in [6.07, 6.45) is 4.94. The van der Waals surface area contributed by atoms with Crippen LogP contribution >= 0.6 is 0 Å². The second-order valence-electron chi connectivity index (χ2n) is 5.83. The fraction of sp³-hybridized carbons (Fsp3) is 0.706. The van der Waals surface area contributed by atoms with Crippen molar-refractivity contribution in [3.63, 3.8) is 0 Å². The molecule has 1 aliphatic heterocycles. The summed E-state index contributed by atoms with van der Waals surface area (Å²) < 4.78 is 5.95. The number of rotatable bonds is 9. The summed E-state index contributed by atoms with van der Waals surface area (Å²) in [6.45, 7) is 10.5. The van der Waals surface area contributed by atoms with Gasteiger partial charge in [0.25, 0.3) is 0 Å². The number of pyridine rings is 1. The van der Waals surface area contributed by atoms with Gasteiger partial charge in [-0.15, -0.1) is 0 Å². The number of ether oxygens (including phenoxy) is 1. The van der Waals surface area contributed by atoms with Gasteiger partial charge in [0.15, 0.2) is 0 Å². The Bertz CT molecular complexity index is 416. The van der Waals surface area contributed by atoms with Gasteiger partial charge in [0, 0.05) is 18.8 Å². The van der Waals surface area contributed by atoms with Gasteiger partial charge in [-0.05, 0) is 64.4 Å². The highest BCUT2D eigenvalue weighted by Crippen LogP contribution is 2.17. The van der Waals surface area contributed by atoms with E-state index in [2.05, 4.69) is 28.2 Å². The first-order valence-corrected chi connectivity index (χ1v) is 8.32. The average Bonchev–Trinajstić information content (AvgIpc) is 2.99. The predicted octanol–water partition coefficient (Wildman–Crippen LogP) is 2.75. The summed E-state index contributed by atoms with van der Waals surface area (Å²) in [4.78, 5) is 7.13. The molecule has 1 aliphatic rings. The summed E-state index contributed by atoms with van der Waals surface area (Å²) in [7, 11) is 0. The van der Waals surface area contributed by atoms with Crippen molar-refractivity contribution in [3.05, 3.63) is 23.5 Å². The fourth-order valence-electron chi connectivity index (χ4n) is 2.72. The highest BCUT2D eigenvalue weighted by molar-refractivity contribution is 5.29. The van der Waals surface area contributed by atoms with Crippen molar-refractivity contribution in [1.29, 1.82) is 0 Å². The van der Waals surface area contributed by atoms with E-state index in [1.165, 1.54) is 25.9 Å². The Labute approximate surface area is 128 Å². The SMILES string of the molecule is CCCNCc1nc(C)ccc1OCCCN1CCCC1. The van der Waals surface area contributed by atoms with Gasteiger partial charge < -0.3 is 15.0 Å². The van der Waals surface area contributed by atoms with E-state index >= 15 is 0 Å². The molecule has 1 N–H and O–H groups in total. The molecule has 4 nitrogen and oxygen atoms in total. The highest BCUT2D eigenvalue weighted by atomic mass is 16.5. The van der Waals surface area contributed by atoms with Gasteiger partial charge in [-0.25, -0.2) is 0 Å². The van der Waals surface area contributed by atoms with Crippen LogP contribution in [0.25, 0.3) is 0 Å². The lowest BCUT2D eigenvalue weighted by Crippen LogP contribution is -2.22. The topological polar surface area (TPSA) is 37.4 Å². The molecule has 1 saturated heterocycles. The maximum absolute atomic E-state index is 5.95. The van der Waals surface area contributed by atoms with Crippen LogP contribution < -0.4 is 10.1 Å². The summed E-state index contributed by atoms with van der Waals surface area (Å²) in [6, 6.07) is 4.08. The van der Waals surface area contributed by atoms with Gasteiger partial charge in [0.05, 0.1) is 12.3 Å². The lowest BCUT2D eigenvalue weighted by atomic mass is 10.2. The number of aryl methyl sites for hydroxylation is 1. The largest absolute Gasteiger partial charge is 0.492 e. The third-order valence-corrected chi connectivity index (χ3v) is 3.87. The van der Waals surface area contributed by atoms with Crippen LogP contribution in [-0.4, -0.2) is 42.7 Å². The molecule has 0 radical (unpaired) electrons. The first-order valence-electron chi connectivity index (χ1n) is 8.32. The van der Waals surface area contributed by atoms with E-state index in [1.807, 2.05) is 13.0 Å². The minimum Gasteiger partial charge on any atom is -0.492 e. The number of aromatic nitrogens is 1. The molecule has 21 heavy (non-hydrogen) atoms. The van der Waals surface area contributed by atoms with E-state index in [9.17, 15) is 0 Å². The molecule has 0 aliphatic carbocycles. The van der Waals surface area contributed by atoms with E-state index in [0.717, 1.165) is 56.2 Å². The standard InChI is InChI=1S/C17H29N3O/c1-3-9-18-14-16-17(8-7-15(2)19-16)21-13-6-12-20-10-4-5-11-20/h7-8,18H,3-6,9-14H2,1-2H3. The zero-order valence-electron chi connectivity index (χ0n) is 13.5. The summed E-state index contributed by atoms with van der Waals surface area (Å²) in [5.41, 5.74) is 2.08. The molecule has 0 spiro atoms. The lowest BCUT2D eigenvalue weighted by molar-refractivity contribution is 0.260. The van der Waals surface area contributed by atoms with Gasteiger partial charge in [0.1, 0.15) is 5.75 Å². The van der Waals surface area contributed by atoms with Crippen molar-refractivity contribution in [3.8, 4) is 5.75 Å². The molecule has 0 unspecified atom stereocenters. The van der Waals surface area contributed by atoms with Crippen molar-refractivity contribution < 1.29 is 4.74 Å². The number of nitrogens with one attached hydrogen (secondary N) is 1. The van der Waals surface area contributed by atoms with Crippen LogP contribution in [0.5, 0.6) is 5.75 Å². The van der Waals surface area contributed by atoms with Crippen LogP contribution in [0.15, 0.2) is 12.1 Å². The normalized spacial score (nSPS) is 15.5. The lowest BCUT2D eigenvalue weighted by Gasteiger charge is -2.15. The smallest absolute Gasteiger partial charge is 0.142 e. The number of nitrogens with zero attached hydrogens (tertiary/aromatic N) is 2. The molecule has 0 aromatic carbocycles. The molecule has 4 heteroatoms. The van der Waals surface area contributed by atoms with Crippen molar-refractivity contribution in [1.82, 2.24) is 15.2 Å². The molecule has 2 rings (SSSR count). The zero-order valence-corrected chi connectivity index (χ0v) is 13.5.